The highest BCUT2D eigenvalue weighted by Crippen LogP contribution is 2.22. The Morgan fingerprint density at radius 3 is 2.16 bits per heavy atom. The van der Waals surface area contributed by atoms with Gasteiger partial charge in [-0.1, -0.05) is 42.8 Å². The zero-order valence-corrected chi connectivity index (χ0v) is 16.4. The average molecular weight is 381 g/mol. The van der Waals surface area contributed by atoms with Gasteiger partial charge in [0.05, 0.1) is 4.90 Å². The lowest BCUT2D eigenvalue weighted by molar-refractivity contribution is 0.375. The normalized spacial score (nSPS) is 13.2. The van der Waals surface area contributed by atoms with Crippen LogP contribution in [0.15, 0.2) is 53.4 Å². The van der Waals surface area contributed by atoms with Crippen molar-refractivity contribution in [2.24, 2.45) is 0 Å². The summed E-state index contributed by atoms with van der Waals surface area (Å²) in [4.78, 5) is 2.32. The molecule has 0 aliphatic heterocycles. The quantitative estimate of drug-likeness (QED) is 0.756. The molecule has 0 radical (unpaired) electrons. The maximum Gasteiger partial charge on any atom is 0.241 e. The Balaban J connectivity index is 2.25. The van der Waals surface area contributed by atoms with Crippen molar-refractivity contribution in [2.75, 3.05) is 20.6 Å². The van der Waals surface area contributed by atoms with E-state index in [2.05, 4.69) is 4.72 Å². The molecule has 0 bridgehead atoms. The van der Waals surface area contributed by atoms with E-state index in [1.807, 2.05) is 50.2 Å². The van der Waals surface area contributed by atoms with E-state index in [0.717, 1.165) is 24.1 Å². The molecule has 2 rings (SSSR count). The smallest absolute Gasteiger partial charge is 0.241 e. The second-order valence-corrected chi connectivity index (χ2v) is 8.47. The molecule has 0 amide bonds. The number of rotatable bonds is 8. The molecule has 0 heterocycles. The molecule has 0 saturated carbocycles. The van der Waals surface area contributed by atoms with Gasteiger partial charge in [0.1, 0.15) is 0 Å². The molecule has 6 heteroatoms. The monoisotopic (exact) mass is 380 g/mol. The number of benzene rings is 2. The third kappa shape index (κ3) is 5.82. The number of sulfonamides is 1. The number of hydrogen-bond acceptors (Lipinski definition) is 3. The van der Waals surface area contributed by atoms with Crippen molar-refractivity contribution in [1.29, 1.82) is 0 Å². The molecule has 2 aromatic carbocycles. The molecular weight excluding hydrogens is 356 g/mol. The first-order chi connectivity index (χ1) is 11.8. The molecule has 0 aliphatic rings. The second-order valence-electron chi connectivity index (χ2n) is 6.31. The van der Waals surface area contributed by atoms with Crippen LogP contribution in [0.25, 0.3) is 0 Å². The lowest BCUT2D eigenvalue weighted by Gasteiger charge is -2.21. The predicted molar refractivity (Wildman–Crippen MR) is 104 cm³/mol. The van der Waals surface area contributed by atoms with Crippen LogP contribution < -0.4 is 4.72 Å². The third-order valence-electron chi connectivity index (χ3n) is 4.08. The first-order valence-electron chi connectivity index (χ1n) is 8.33. The Bertz CT molecular complexity index is 772. The van der Waals surface area contributed by atoms with Crippen LogP contribution in [0.2, 0.25) is 5.02 Å². The molecule has 0 spiro atoms. The Labute approximate surface area is 155 Å². The number of hydrogen-bond donors (Lipinski definition) is 1. The van der Waals surface area contributed by atoms with Crippen LogP contribution in [-0.4, -0.2) is 34.0 Å². The summed E-state index contributed by atoms with van der Waals surface area (Å²) in [5, 5.41) is 0.633. The number of halogens is 1. The SMILES string of the molecule is CCc1ccc(S(=O)(=O)NC(CCN(C)C)c2ccc(Cl)cc2)cc1. The van der Waals surface area contributed by atoms with E-state index in [4.69, 9.17) is 11.6 Å². The Kier molecular flexibility index (Phi) is 7.02. The minimum Gasteiger partial charge on any atom is -0.309 e. The number of nitrogens with one attached hydrogen (secondary N) is 1. The third-order valence-corrected chi connectivity index (χ3v) is 5.82. The highest BCUT2D eigenvalue weighted by Gasteiger charge is 2.21. The van der Waals surface area contributed by atoms with Gasteiger partial charge in [0.25, 0.3) is 0 Å². The maximum atomic E-state index is 12.8. The highest BCUT2D eigenvalue weighted by molar-refractivity contribution is 7.89. The van der Waals surface area contributed by atoms with Crippen LogP contribution in [0.5, 0.6) is 0 Å². The summed E-state index contributed by atoms with van der Waals surface area (Å²) in [6, 6.07) is 14.0. The Morgan fingerprint density at radius 1 is 1.04 bits per heavy atom. The van der Waals surface area contributed by atoms with Gasteiger partial charge in [-0.2, -0.15) is 0 Å². The molecule has 0 saturated heterocycles. The zero-order chi connectivity index (χ0) is 18.4. The summed E-state index contributed by atoms with van der Waals surface area (Å²) in [5.74, 6) is 0. The van der Waals surface area contributed by atoms with E-state index in [1.54, 1.807) is 24.3 Å². The molecule has 1 unspecified atom stereocenters. The first-order valence-corrected chi connectivity index (χ1v) is 10.2. The van der Waals surface area contributed by atoms with E-state index in [9.17, 15) is 8.42 Å². The molecular formula is C19H25ClN2O2S. The van der Waals surface area contributed by atoms with Crippen LogP contribution in [0.4, 0.5) is 0 Å². The number of aryl methyl sites for hydroxylation is 1. The fourth-order valence-corrected chi connectivity index (χ4v) is 3.92. The molecule has 0 aliphatic carbocycles. The second kappa shape index (κ2) is 8.81. The summed E-state index contributed by atoms with van der Waals surface area (Å²) in [6.07, 6.45) is 1.55. The maximum absolute atomic E-state index is 12.8. The van der Waals surface area contributed by atoms with Crippen LogP contribution in [0, 0.1) is 0 Å². The van der Waals surface area contributed by atoms with E-state index in [-0.39, 0.29) is 10.9 Å². The molecule has 1 atom stereocenters. The van der Waals surface area contributed by atoms with Gasteiger partial charge in [-0.25, -0.2) is 13.1 Å². The fraction of sp³-hybridized carbons (Fsp3) is 0.368. The fourth-order valence-electron chi connectivity index (χ4n) is 2.54. The molecule has 2 aromatic rings. The summed E-state index contributed by atoms with van der Waals surface area (Å²) >= 11 is 5.95. The van der Waals surface area contributed by atoms with Crippen LogP contribution >= 0.6 is 11.6 Å². The van der Waals surface area contributed by atoms with E-state index in [0.29, 0.717) is 11.4 Å². The van der Waals surface area contributed by atoms with E-state index >= 15 is 0 Å². The largest absolute Gasteiger partial charge is 0.309 e. The van der Waals surface area contributed by atoms with E-state index < -0.39 is 10.0 Å². The Hall–Kier alpha value is -1.40. The van der Waals surface area contributed by atoms with Crippen molar-refractivity contribution in [3.05, 3.63) is 64.7 Å². The zero-order valence-electron chi connectivity index (χ0n) is 14.9. The highest BCUT2D eigenvalue weighted by atomic mass is 35.5. The van der Waals surface area contributed by atoms with Crippen molar-refractivity contribution in [1.82, 2.24) is 9.62 Å². The molecule has 0 aromatic heterocycles. The topological polar surface area (TPSA) is 49.4 Å². The lowest BCUT2D eigenvalue weighted by Crippen LogP contribution is -2.31. The minimum absolute atomic E-state index is 0.286. The summed E-state index contributed by atoms with van der Waals surface area (Å²) < 4.78 is 28.4. The molecule has 25 heavy (non-hydrogen) atoms. The van der Waals surface area contributed by atoms with Crippen molar-refractivity contribution in [3.8, 4) is 0 Å². The molecule has 136 valence electrons. The van der Waals surface area contributed by atoms with Gasteiger partial charge in [-0.3, -0.25) is 0 Å². The lowest BCUT2D eigenvalue weighted by atomic mass is 10.0. The minimum atomic E-state index is -3.59. The summed E-state index contributed by atoms with van der Waals surface area (Å²) in [6.45, 7) is 2.81. The Morgan fingerprint density at radius 2 is 1.64 bits per heavy atom. The molecule has 4 nitrogen and oxygen atoms in total. The van der Waals surface area contributed by atoms with Gasteiger partial charge in [0.2, 0.25) is 10.0 Å². The summed E-state index contributed by atoms with van der Waals surface area (Å²) in [7, 11) is 0.346. The van der Waals surface area contributed by atoms with Crippen molar-refractivity contribution in [3.63, 3.8) is 0 Å². The van der Waals surface area contributed by atoms with Crippen LogP contribution in [0.3, 0.4) is 0 Å². The average Bonchev–Trinajstić information content (AvgIpc) is 2.59. The molecule has 0 fully saturated rings. The van der Waals surface area contributed by atoms with Gasteiger partial charge >= 0.3 is 0 Å². The van der Waals surface area contributed by atoms with Gasteiger partial charge in [0.15, 0.2) is 0 Å². The van der Waals surface area contributed by atoms with Crippen molar-refractivity contribution >= 4 is 21.6 Å². The first kappa shape index (κ1) is 19.9. The van der Waals surface area contributed by atoms with Crippen molar-refractivity contribution < 1.29 is 8.42 Å². The van der Waals surface area contributed by atoms with Crippen molar-refractivity contribution in [2.45, 2.75) is 30.7 Å². The number of nitrogens with zero attached hydrogens (tertiary/aromatic N) is 1. The van der Waals surface area contributed by atoms with Crippen LogP contribution in [0.1, 0.15) is 30.5 Å². The standard InChI is InChI=1S/C19H25ClN2O2S/c1-4-15-5-11-18(12-6-15)25(23,24)21-19(13-14-22(2)3)16-7-9-17(20)10-8-16/h5-12,19,21H,4,13-14H2,1-3H3. The van der Waals surface area contributed by atoms with Gasteiger partial charge in [-0.05, 0) is 68.9 Å². The predicted octanol–water partition coefficient (Wildman–Crippen LogP) is 3.87. The van der Waals surface area contributed by atoms with Crippen LogP contribution in [-0.2, 0) is 16.4 Å². The van der Waals surface area contributed by atoms with Gasteiger partial charge in [-0.15, -0.1) is 0 Å². The van der Waals surface area contributed by atoms with Gasteiger partial charge in [0, 0.05) is 11.1 Å². The van der Waals surface area contributed by atoms with Gasteiger partial charge < -0.3 is 4.90 Å². The summed E-state index contributed by atoms with van der Waals surface area (Å²) in [5.41, 5.74) is 2.01. The van der Waals surface area contributed by atoms with E-state index in [1.165, 1.54) is 0 Å². The molecule has 1 N–H and O–H groups in total.